The Labute approximate surface area is 126 Å². The van der Waals surface area contributed by atoms with E-state index in [1.54, 1.807) is 0 Å². The normalized spacial score (nSPS) is 40.3. The highest BCUT2D eigenvalue weighted by Gasteiger charge is 2.75. The van der Waals surface area contributed by atoms with Crippen molar-refractivity contribution in [2.24, 2.45) is 5.92 Å². The maximum absolute atomic E-state index is 14.0. The molecular weight excluding hydrogens is 326 g/mol. The van der Waals surface area contributed by atoms with E-state index < -0.39 is 65.5 Å². The summed E-state index contributed by atoms with van der Waals surface area (Å²) in [5.41, 5.74) is -1.00. The van der Waals surface area contributed by atoms with E-state index in [1.165, 1.54) is 0 Å². The topological polar surface area (TPSA) is 36.9 Å². The molecule has 5 heterocycles. The van der Waals surface area contributed by atoms with Crippen molar-refractivity contribution in [2.75, 3.05) is 13.2 Å². The molecule has 122 valence electrons. The van der Waals surface area contributed by atoms with Crippen molar-refractivity contribution in [1.82, 2.24) is 0 Å². The van der Waals surface area contributed by atoms with Gasteiger partial charge in [0.05, 0.1) is 24.6 Å². The maximum Gasteiger partial charge on any atom is 0.364 e. The van der Waals surface area contributed by atoms with Crippen molar-refractivity contribution < 1.29 is 40.8 Å². The van der Waals surface area contributed by atoms with Gasteiger partial charge in [-0.15, -0.1) is 0 Å². The molecule has 1 unspecified atom stereocenters. The molecule has 5 aliphatic heterocycles. The predicted molar refractivity (Wildman–Crippen MR) is 63.3 cm³/mol. The molecule has 1 aromatic rings. The van der Waals surface area contributed by atoms with Gasteiger partial charge < -0.3 is 18.9 Å². The van der Waals surface area contributed by atoms with Crippen LogP contribution in [-0.2, 0) is 18.9 Å². The Morgan fingerprint density at radius 3 is 2.17 bits per heavy atom. The first-order chi connectivity index (χ1) is 10.9. The van der Waals surface area contributed by atoms with E-state index in [2.05, 4.69) is 0 Å². The summed E-state index contributed by atoms with van der Waals surface area (Å²) >= 11 is 0. The Hall–Kier alpha value is -1.23. The molecule has 6 rings (SSSR count). The second kappa shape index (κ2) is 4.24. The zero-order valence-corrected chi connectivity index (χ0v) is 11.3. The first kappa shape index (κ1) is 14.1. The van der Waals surface area contributed by atoms with Crippen LogP contribution in [0.5, 0.6) is 0 Å². The van der Waals surface area contributed by atoms with Gasteiger partial charge in [-0.25, -0.2) is 22.0 Å². The summed E-state index contributed by atoms with van der Waals surface area (Å²) in [6.45, 7) is -1.05. The Balaban J connectivity index is 1.61. The van der Waals surface area contributed by atoms with Gasteiger partial charge in [0, 0.05) is 5.46 Å². The summed E-state index contributed by atoms with van der Waals surface area (Å²) < 4.78 is 90.2. The van der Waals surface area contributed by atoms with Crippen LogP contribution in [-0.4, -0.2) is 44.1 Å². The standard InChI is InChI=1S/C13H8BF5O4/c15-6-5(7(16)9(18)10(19)8(6)17)14-12-4-11(23-14)3-1-21-13(4,22-12)2-20-3/h3-4,11-12H,1-2H2/t3-,4-,11-,12?,13+/m1/s1. The number of rotatable bonds is 1. The molecule has 0 aromatic heterocycles. The summed E-state index contributed by atoms with van der Waals surface area (Å²) in [5, 5.41) is 0. The fourth-order valence-electron chi connectivity index (χ4n) is 3.99. The van der Waals surface area contributed by atoms with Crippen LogP contribution in [0.3, 0.4) is 0 Å². The number of halogens is 5. The highest BCUT2D eigenvalue weighted by molar-refractivity contribution is 6.69. The van der Waals surface area contributed by atoms with Gasteiger partial charge in [0.1, 0.15) is 12.7 Å². The van der Waals surface area contributed by atoms with Crippen molar-refractivity contribution in [3.05, 3.63) is 29.1 Å². The number of hydrogen-bond donors (Lipinski definition) is 0. The summed E-state index contributed by atoms with van der Waals surface area (Å²) in [6, 6.07) is -0.833. The molecule has 1 aromatic carbocycles. The van der Waals surface area contributed by atoms with Crippen LogP contribution in [0.1, 0.15) is 0 Å². The van der Waals surface area contributed by atoms with Crippen molar-refractivity contribution in [1.29, 1.82) is 0 Å². The lowest BCUT2D eigenvalue weighted by Crippen LogP contribution is -2.76. The van der Waals surface area contributed by atoms with Crippen LogP contribution in [0.15, 0.2) is 0 Å². The number of ether oxygens (including phenoxy) is 3. The molecule has 23 heavy (non-hydrogen) atoms. The number of hydrogen-bond acceptors (Lipinski definition) is 4. The summed E-state index contributed by atoms with van der Waals surface area (Å²) in [4.78, 5) is 0. The lowest BCUT2D eigenvalue weighted by atomic mass is 9.51. The van der Waals surface area contributed by atoms with Gasteiger partial charge in [-0.3, -0.25) is 0 Å². The van der Waals surface area contributed by atoms with Crippen molar-refractivity contribution in [3.63, 3.8) is 0 Å². The van der Waals surface area contributed by atoms with Crippen LogP contribution in [0.25, 0.3) is 0 Å². The average Bonchev–Trinajstić information content (AvgIpc) is 2.91. The minimum atomic E-state index is -2.20. The lowest BCUT2D eigenvalue weighted by molar-refractivity contribution is -0.446. The zero-order chi connectivity index (χ0) is 16.1. The van der Waals surface area contributed by atoms with Crippen LogP contribution in [0, 0.1) is 35.0 Å². The van der Waals surface area contributed by atoms with E-state index in [4.69, 9.17) is 18.9 Å². The fraction of sp³-hybridized carbons (Fsp3) is 0.538. The van der Waals surface area contributed by atoms with Crippen LogP contribution in [0.2, 0.25) is 0 Å². The molecule has 10 heteroatoms. The molecule has 0 saturated carbocycles. The third-order valence-electron chi connectivity index (χ3n) is 5.04. The van der Waals surface area contributed by atoms with Gasteiger partial charge in [-0.1, -0.05) is 0 Å². The molecule has 5 fully saturated rings. The van der Waals surface area contributed by atoms with Gasteiger partial charge >= 0.3 is 6.92 Å². The summed E-state index contributed by atoms with van der Waals surface area (Å²) in [7, 11) is 0. The van der Waals surface area contributed by atoms with Gasteiger partial charge in [-0.05, 0) is 0 Å². The van der Waals surface area contributed by atoms with Crippen LogP contribution < -0.4 is 5.46 Å². The van der Waals surface area contributed by atoms with Gasteiger partial charge in [0.15, 0.2) is 34.9 Å². The first-order valence-corrected chi connectivity index (χ1v) is 7.05. The van der Waals surface area contributed by atoms with E-state index in [0.717, 1.165) is 0 Å². The zero-order valence-electron chi connectivity index (χ0n) is 11.3. The smallest absolute Gasteiger partial charge is 0.364 e. The van der Waals surface area contributed by atoms with E-state index in [1.807, 2.05) is 0 Å². The van der Waals surface area contributed by atoms with Crippen molar-refractivity contribution >= 4 is 12.4 Å². The Bertz CT molecular complexity index is 694. The molecule has 5 aliphatic rings. The SMILES string of the molecule is Fc1c(F)c(F)c(B2O[C@@H]3[C@H]4CO[C@@]5(CO4)OC2[C@@H]35)c(F)c1F. The van der Waals surface area contributed by atoms with Crippen LogP contribution >= 0.6 is 0 Å². The first-order valence-electron chi connectivity index (χ1n) is 7.05. The highest BCUT2D eigenvalue weighted by Crippen LogP contribution is 2.55. The number of benzene rings is 1. The highest BCUT2D eigenvalue weighted by atomic mass is 19.2. The Morgan fingerprint density at radius 1 is 0.957 bits per heavy atom. The van der Waals surface area contributed by atoms with Crippen molar-refractivity contribution in [3.8, 4) is 0 Å². The Morgan fingerprint density at radius 2 is 1.61 bits per heavy atom. The van der Waals surface area contributed by atoms with E-state index in [9.17, 15) is 22.0 Å². The molecule has 0 amide bonds. The lowest BCUT2D eigenvalue weighted by Gasteiger charge is -2.60. The van der Waals surface area contributed by atoms with E-state index in [0.29, 0.717) is 0 Å². The molecule has 5 saturated heterocycles. The van der Waals surface area contributed by atoms with Crippen LogP contribution in [0.4, 0.5) is 22.0 Å². The molecule has 0 radical (unpaired) electrons. The largest absolute Gasteiger partial charge is 0.423 e. The second-order valence-electron chi connectivity index (χ2n) is 6.09. The van der Waals surface area contributed by atoms with Gasteiger partial charge in [-0.2, -0.15) is 0 Å². The molecule has 5 atom stereocenters. The van der Waals surface area contributed by atoms with Crippen molar-refractivity contribution in [2.45, 2.75) is 24.0 Å². The third kappa shape index (κ3) is 1.50. The molecule has 2 bridgehead atoms. The fourth-order valence-corrected chi connectivity index (χ4v) is 3.99. The summed E-state index contributed by atoms with van der Waals surface area (Å²) in [5.74, 6) is -11.4. The molecular formula is C13H8BF5O4. The third-order valence-corrected chi connectivity index (χ3v) is 5.04. The minimum Gasteiger partial charge on any atom is -0.423 e. The monoisotopic (exact) mass is 334 g/mol. The quantitative estimate of drug-likeness (QED) is 0.327. The molecule has 0 aliphatic carbocycles. The van der Waals surface area contributed by atoms with Gasteiger partial charge in [0.2, 0.25) is 0 Å². The molecule has 1 spiro atoms. The summed E-state index contributed by atoms with van der Waals surface area (Å²) in [6.07, 6.45) is -1.00. The maximum atomic E-state index is 14.0. The molecule has 0 N–H and O–H groups in total. The minimum absolute atomic E-state index is 0.155. The van der Waals surface area contributed by atoms with E-state index >= 15 is 0 Å². The molecule has 4 nitrogen and oxygen atoms in total. The van der Waals surface area contributed by atoms with E-state index in [-0.39, 0.29) is 19.1 Å². The number of fused-ring (bicyclic) bond motifs is 2. The average molecular weight is 334 g/mol. The van der Waals surface area contributed by atoms with Gasteiger partial charge in [0.25, 0.3) is 0 Å². The Kier molecular flexibility index (Phi) is 2.61. The predicted octanol–water partition coefficient (Wildman–Crippen LogP) is 0.659. The second-order valence-corrected chi connectivity index (χ2v) is 6.09.